The second kappa shape index (κ2) is 7.75. The number of hydrogen-bond acceptors (Lipinski definition) is 7. The molecule has 11 heteroatoms. The van der Waals surface area contributed by atoms with E-state index in [-0.39, 0.29) is 9.77 Å². The van der Waals surface area contributed by atoms with Gasteiger partial charge < -0.3 is 4.90 Å². The molecule has 29 heavy (non-hydrogen) atoms. The number of aromatic nitrogens is 3. The van der Waals surface area contributed by atoms with Gasteiger partial charge in [0.05, 0.1) is 11.4 Å². The van der Waals surface area contributed by atoms with Gasteiger partial charge in [0.25, 0.3) is 15.6 Å². The zero-order chi connectivity index (χ0) is 20.4. The Morgan fingerprint density at radius 3 is 2.59 bits per heavy atom. The summed E-state index contributed by atoms with van der Waals surface area (Å²) in [6.07, 6.45) is 1.63. The Bertz CT molecular complexity index is 1220. The van der Waals surface area contributed by atoms with Gasteiger partial charge in [-0.05, 0) is 18.2 Å². The summed E-state index contributed by atoms with van der Waals surface area (Å²) in [5.74, 6) is 0.585. The minimum absolute atomic E-state index is 0.230. The number of hydrogen-bond donors (Lipinski definition) is 1. The molecule has 0 bridgehead atoms. The third kappa shape index (κ3) is 3.77. The maximum atomic E-state index is 13.0. The van der Waals surface area contributed by atoms with Crippen molar-refractivity contribution in [1.29, 1.82) is 0 Å². The van der Waals surface area contributed by atoms with E-state index in [1.54, 1.807) is 36.5 Å². The topological polar surface area (TPSA) is 104 Å². The van der Waals surface area contributed by atoms with Gasteiger partial charge in [-0.15, -0.1) is 11.3 Å². The van der Waals surface area contributed by atoms with Crippen LogP contribution in [0.25, 0.3) is 15.4 Å². The molecule has 0 saturated carbocycles. The predicted octanol–water partition coefficient (Wildman–Crippen LogP) is 1.96. The smallest absolute Gasteiger partial charge is 0.264 e. The minimum atomic E-state index is -3.63. The van der Waals surface area contributed by atoms with Gasteiger partial charge in [0.1, 0.15) is 15.7 Å². The predicted molar refractivity (Wildman–Crippen MR) is 110 cm³/mol. The molecule has 0 spiro atoms. The van der Waals surface area contributed by atoms with Crippen LogP contribution in [0.2, 0.25) is 0 Å². The molecule has 0 radical (unpaired) electrons. The number of nitrogens with zero attached hydrogens (tertiary/aromatic N) is 5. The highest BCUT2D eigenvalue weighted by atomic mass is 32.2. The van der Waals surface area contributed by atoms with Crippen molar-refractivity contribution in [2.24, 2.45) is 0 Å². The zero-order valence-corrected chi connectivity index (χ0v) is 16.8. The molecule has 4 heterocycles. The van der Waals surface area contributed by atoms with Gasteiger partial charge in [-0.2, -0.15) is 9.40 Å². The summed E-state index contributed by atoms with van der Waals surface area (Å²) in [6, 6.07) is 9.57. The van der Waals surface area contributed by atoms with Crippen molar-refractivity contribution < 1.29 is 8.42 Å². The van der Waals surface area contributed by atoms with E-state index in [0.717, 1.165) is 11.3 Å². The molecule has 1 saturated heterocycles. The summed E-state index contributed by atoms with van der Waals surface area (Å²) >= 11 is 1.12. The monoisotopic (exact) mass is 428 g/mol. The Morgan fingerprint density at radius 1 is 1.10 bits per heavy atom. The molecule has 3 aromatic rings. The van der Waals surface area contributed by atoms with E-state index in [4.69, 9.17) is 6.57 Å². The maximum absolute atomic E-state index is 13.0. The SMILES string of the molecule is [C-]#[N+]c1cccnc1N1CCN(S(=O)(=O)c2ccc(-c3ccc(=O)[nH]n3)s2)CC1. The Hall–Kier alpha value is -3.07. The van der Waals surface area contributed by atoms with Crippen molar-refractivity contribution in [2.75, 3.05) is 31.1 Å². The van der Waals surface area contributed by atoms with E-state index < -0.39 is 10.0 Å². The Morgan fingerprint density at radius 2 is 1.90 bits per heavy atom. The number of pyridine rings is 1. The Kier molecular flexibility index (Phi) is 5.14. The van der Waals surface area contributed by atoms with Crippen molar-refractivity contribution in [2.45, 2.75) is 4.21 Å². The van der Waals surface area contributed by atoms with Crippen LogP contribution in [0.3, 0.4) is 0 Å². The first kappa shape index (κ1) is 19.3. The summed E-state index contributed by atoms with van der Waals surface area (Å²) in [5, 5.41) is 6.29. The molecule has 3 aromatic heterocycles. The molecule has 0 unspecified atom stereocenters. The third-order valence-electron chi connectivity index (χ3n) is 4.53. The highest BCUT2D eigenvalue weighted by Gasteiger charge is 2.30. The van der Waals surface area contributed by atoms with Crippen LogP contribution in [0.5, 0.6) is 0 Å². The molecule has 0 aromatic carbocycles. The largest absolute Gasteiger partial charge is 0.363 e. The van der Waals surface area contributed by atoms with E-state index in [1.807, 2.05) is 4.90 Å². The fourth-order valence-electron chi connectivity index (χ4n) is 3.07. The molecule has 1 aliphatic rings. The normalized spacial score (nSPS) is 15.2. The van der Waals surface area contributed by atoms with E-state index in [1.165, 1.54) is 10.4 Å². The molecule has 4 rings (SSSR count). The van der Waals surface area contributed by atoms with Gasteiger partial charge in [0.15, 0.2) is 0 Å². The molecular formula is C18H16N6O3S2. The first-order valence-corrected chi connectivity index (χ1v) is 11.0. The second-order valence-electron chi connectivity index (χ2n) is 6.27. The summed E-state index contributed by atoms with van der Waals surface area (Å²) < 4.78 is 27.7. The third-order valence-corrected chi connectivity index (χ3v) is 8.01. The van der Waals surface area contributed by atoms with Crippen molar-refractivity contribution in [3.8, 4) is 10.6 Å². The van der Waals surface area contributed by atoms with E-state index in [2.05, 4.69) is 20.0 Å². The lowest BCUT2D eigenvalue weighted by molar-refractivity contribution is 0.385. The molecule has 0 aliphatic carbocycles. The van der Waals surface area contributed by atoms with Crippen LogP contribution in [0.1, 0.15) is 0 Å². The van der Waals surface area contributed by atoms with E-state index in [9.17, 15) is 13.2 Å². The molecule has 0 amide bonds. The number of nitrogens with one attached hydrogen (secondary N) is 1. The minimum Gasteiger partial charge on any atom is -0.363 e. The van der Waals surface area contributed by atoms with Crippen LogP contribution in [0, 0.1) is 6.57 Å². The van der Waals surface area contributed by atoms with Crippen LogP contribution in [-0.2, 0) is 10.0 Å². The molecular weight excluding hydrogens is 412 g/mol. The van der Waals surface area contributed by atoms with Crippen molar-refractivity contribution in [3.63, 3.8) is 0 Å². The van der Waals surface area contributed by atoms with Crippen LogP contribution < -0.4 is 10.5 Å². The van der Waals surface area contributed by atoms with Gasteiger partial charge in [0.2, 0.25) is 5.69 Å². The van der Waals surface area contributed by atoms with Crippen LogP contribution in [0.15, 0.2) is 51.6 Å². The van der Waals surface area contributed by atoms with Gasteiger partial charge in [-0.3, -0.25) is 9.78 Å². The fraction of sp³-hybridized carbons (Fsp3) is 0.222. The molecule has 148 valence electrons. The van der Waals surface area contributed by atoms with Gasteiger partial charge >= 0.3 is 0 Å². The molecule has 0 atom stereocenters. The van der Waals surface area contributed by atoms with Crippen LogP contribution in [0.4, 0.5) is 11.5 Å². The van der Waals surface area contributed by atoms with Gasteiger partial charge in [0, 0.05) is 38.4 Å². The first-order valence-electron chi connectivity index (χ1n) is 8.72. The molecule has 1 fully saturated rings. The van der Waals surface area contributed by atoms with E-state index >= 15 is 0 Å². The molecule has 1 aliphatic heterocycles. The van der Waals surface area contributed by atoms with Crippen molar-refractivity contribution >= 4 is 32.9 Å². The molecule has 1 N–H and O–H groups in total. The number of sulfonamides is 1. The zero-order valence-electron chi connectivity index (χ0n) is 15.1. The number of rotatable bonds is 4. The summed E-state index contributed by atoms with van der Waals surface area (Å²) in [4.78, 5) is 21.5. The molecule has 9 nitrogen and oxygen atoms in total. The van der Waals surface area contributed by atoms with Crippen molar-refractivity contribution in [3.05, 3.63) is 64.4 Å². The van der Waals surface area contributed by atoms with E-state index in [0.29, 0.717) is 48.3 Å². The van der Waals surface area contributed by atoms with Crippen LogP contribution >= 0.6 is 11.3 Å². The highest BCUT2D eigenvalue weighted by Crippen LogP contribution is 2.32. The number of thiophene rings is 1. The quantitative estimate of drug-likeness (QED) is 0.637. The summed E-state index contributed by atoms with van der Waals surface area (Å²) in [7, 11) is -3.63. The highest BCUT2D eigenvalue weighted by molar-refractivity contribution is 7.91. The maximum Gasteiger partial charge on any atom is 0.264 e. The van der Waals surface area contributed by atoms with Gasteiger partial charge in [-0.1, -0.05) is 12.1 Å². The lowest BCUT2D eigenvalue weighted by Crippen LogP contribution is -2.48. The second-order valence-corrected chi connectivity index (χ2v) is 9.52. The van der Waals surface area contributed by atoms with Gasteiger partial charge in [-0.25, -0.2) is 18.4 Å². The van der Waals surface area contributed by atoms with Crippen LogP contribution in [-0.4, -0.2) is 54.1 Å². The average molecular weight is 428 g/mol. The average Bonchev–Trinajstić information content (AvgIpc) is 3.25. The fourth-order valence-corrected chi connectivity index (χ4v) is 5.92. The lowest BCUT2D eigenvalue weighted by Gasteiger charge is -2.34. The number of aromatic amines is 1. The Balaban J connectivity index is 1.50. The first-order chi connectivity index (χ1) is 14.0. The lowest BCUT2D eigenvalue weighted by atomic mass is 10.3. The number of anilines is 1. The standard InChI is InChI=1S/C18H16N6O3S2/c1-19-14-3-2-8-20-18(14)23-9-11-24(12-10-23)29(26,27)17-7-5-15(28-17)13-4-6-16(25)22-21-13/h2-8H,9-12H2,(H,22,25). The summed E-state index contributed by atoms with van der Waals surface area (Å²) in [5.41, 5.74) is 0.660. The number of H-pyrrole nitrogens is 1. The Labute approximate surface area is 171 Å². The number of piperazine rings is 1. The van der Waals surface area contributed by atoms with Crippen molar-refractivity contribution in [1.82, 2.24) is 19.5 Å². The summed E-state index contributed by atoms with van der Waals surface area (Å²) in [6.45, 7) is 8.79.